The lowest BCUT2D eigenvalue weighted by molar-refractivity contribution is -0.578. The van der Waals surface area contributed by atoms with Gasteiger partial charge in [0, 0.05) is 28.4 Å². The largest absolute Gasteiger partial charge is 0.438 e. The summed E-state index contributed by atoms with van der Waals surface area (Å²) in [6, 6.07) is 18.3. The molecule has 0 fully saturated rings. The van der Waals surface area contributed by atoms with E-state index in [1.165, 1.54) is 48.8 Å². The number of nitrogens with zero attached hydrogens (tertiary/aromatic N) is 1. The van der Waals surface area contributed by atoms with Crippen molar-refractivity contribution >= 4 is 28.8 Å². The number of halogens is 4. The Hall–Kier alpha value is -3.12. The average Bonchev–Trinajstić information content (AvgIpc) is 2.69. The van der Waals surface area contributed by atoms with Crippen molar-refractivity contribution in [1.29, 1.82) is 0 Å². The summed E-state index contributed by atoms with van der Waals surface area (Å²) in [7, 11) is 0. The number of nitrogens with one attached hydrogen (secondary N) is 1. The number of alkyl halides is 3. The lowest BCUT2D eigenvalue weighted by atomic mass is 10.1. The van der Waals surface area contributed by atoms with E-state index in [1.54, 1.807) is 36.4 Å². The second-order valence-electron chi connectivity index (χ2n) is 5.83. The average molecular weight is 404 g/mol. The summed E-state index contributed by atoms with van der Waals surface area (Å²) in [5, 5.41) is 2.74. The fourth-order valence-corrected chi connectivity index (χ4v) is 2.70. The molecule has 3 nitrogen and oxygen atoms in total. The van der Waals surface area contributed by atoms with E-state index < -0.39 is 23.4 Å². The van der Waals surface area contributed by atoms with E-state index in [4.69, 9.17) is 11.6 Å². The molecule has 3 rings (SSSR count). The number of aromatic nitrogens is 1. The molecule has 1 heterocycles. The van der Waals surface area contributed by atoms with Gasteiger partial charge in [0.15, 0.2) is 18.1 Å². The highest BCUT2D eigenvalue weighted by Gasteiger charge is 2.43. The Kier molecular flexibility index (Phi) is 5.80. The minimum atomic E-state index is -4.80. The van der Waals surface area contributed by atoms with Crippen molar-refractivity contribution in [3.8, 4) is 0 Å². The first-order valence-electron chi connectivity index (χ1n) is 8.27. The van der Waals surface area contributed by atoms with Crippen molar-refractivity contribution in [2.24, 2.45) is 0 Å². The topological polar surface area (TPSA) is 33.0 Å². The van der Waals surface area contributed by atoms with Gasteiger partial charge < -0.3 is 5.32 Å². The van der Waals surface area contributed by atoms with Crippen LogP contribution in [0.2, 0.25) is 5.02 Å². The second kappa shape index (κ2) is 8.27. The van der Waals surface area contributed by atoms with Gasteiger partial charge in [0.05, 0.1) is 0 Å². The molecule has 0 saturated heterocycles. The molecule has 1 aromatic heterocycles. The normalized spacial score (nSPS) is 12.3. The third kappa shape index (κ3) is 4.58. The maximum absolute atomic E-state index is 14.0. The van der Waals surface area contributed by atoms with E-state index in [-0.39, 0.29) is 11.3 Å². The summed E-state index contributed by atoms with van der Waals surface area (Å²) >= 11 is 5.81. The van der Waals surface area contributed by atoms with Crippen LogP contribution in [-0.4, -0.2) is 12.0 Å². The van der Waals surface area contributed by atoms with Crippen LogP contribution in [0.5, 0.6) is 0 Å². The van der Waals surface area contributed by atoms with Crippen LogP contribution in [0.3, 0.4) is 0 Å². The minimum absolute atomic E-state index is 0.147. The van der Waals surface area contributed by atoms with Crippen molar-refractivity contribution in [1.82, 2.24) is 0 Å². The zero-order valence-corrected chi connectivity index (χ0v) is 15.2. The van der Waals surface area contributed by atoms with Gasteiger partial charge in [-0.25, -0.2) is 0 Å². The summed E-state index contributed by atoms with van der Waals surface area (Å²) in [5.41, 5.74) is -1.39. The molecule has 0 saturated carbocycles. The minimum Gasteiger partial charge on any atom is -0.346 e. The Bertz CT molecular complexity index is 986. The zero-order chi connectivity index (χ0) is 20.1. The predicted molar refractivity (Wildman–Crippen MR) is 102 cm³/mol. The molecule has 7 heteroatoms. The highest BCUT2D eigenvalue weighted by molar-refractivity contribution is 6.30. The van der Waals surface area contributed by atoms with Crippen molar-refractivity contribution < 1.29 is 22.5 Å². The second-order valence-corrected chi connectivity index (χ2v) is 6.27. The van der Waals surface area contributed by atoms with E-state index in [2.05, 4.69) is 5.32 Å². The molecule has 142 valence electrons. The summed E-state index contributed by atoms with van der Waals surface area (Å²) < 4.78 is 43.1. The van der Waals surface area contributed by atoms with Crippen LogP contribution in [0.25, 0.3) is 5.70 Å². The Morgan fingerprint density at radius 2 is 1.43 bits per heavy atom. The van der Waals surface area contributed by atoms with Gasteiger partial charge in [-0.15, -0.1) is 0 Å². The molecule has 0 atom stereocenters. The van der Waals surface area contributed by atoms with Crippen LogP contribution in [0.15, 0.2) is 90.9 Å². The summed E-state index contributed by atoms with van der Waals surface area (Å²) in [6.07, 6.45) is -2.01. The van der Waals surface area contributed by atoms with E-state index in [0.717, 1.165) is 4.57 Å². The molecule has 0 aliphatic heterocycles. The number of benzene rings is 2. The maximum Gasteiger partial charge on any atom is 0.438 e. The lowest BCUT2D eigenvalue weighted by Crippen LogP contribution is -2.40. The number of ketones is 1. The van der Waals surface area contributed by atoms with Gasteiger partial charge in [-0.1, -0.05) is 48.0 Å². The number of hydrogen-bond acceptors (Lipinski definition) is 2. The molecular weight excluding hydrogens is 389 g/mol. The Morgan fingerprint density at radius 3 is 2.00 bits per heavy atom. The number of rotatable bonds is 5. The molecule has 0 spiro atoms. The highest BCUT2D eigenvalue weighted by atomic mass is 35.5. The number of pyridine rings is 1. The Balaban J connectivity index is 2.20. The first-order valence-corrected chi connectivity index (χ1v) is 8.64. The van der Waals surface area contributed by atoms with Crippen LogP contribution in [-0.2, 0) is 0 Å². The molecule has 3 aromatic rings. The van der Waals surface area contributed by atoms with E-state index in [0.29, 0.717) is 5.02 Å². The Morgan fingerprint density at radius 1 is 0.857 bits per heavy atom. The monoisotopic (exact) mass is 403 g/mol. The Labute approximate surface area is 164 Å². The molecule has 0 unspecified atom stereocenters. The van der Waals surface area contributed by atoms with Crippen LogP contribution < -0.4 is 9.88 Å². The van der Waals surface area contributed by atoms with Crippen LogP contribution in [0, 0.1) is 0 Å². The van der Waals surface area contributed by atoms with Gasteiger partial charge in [0.2, 0.25) is 0 Å². The highest BCUT2D eigenvalue weighted by Crippen LogP contribution is 2.31. The van der Waals surface area contributed by atoms with Crippen LogP contribution >= 0.6 is 11.6 Å². The number of carbonyl (C=O) groups excluding carboxylic acids is 1. The number of anilines is 1. The van der Waals surface area contributed by atoms with Crippen molar-refractivity contribution in [2.45, 2.75) is 6.18 Å². The molecule has 28 heavy (non-hydrogen) atoms. The number of hydrogen-bond donors (Lipinski definition) is 1. The predicted octanol–water partition coefficient (Wildman–Crippen LogP) is 5.35. The quantitative estimate of drug-likeness (QED) is 0.354. The van der Waals surface area contributed by atoms with Gasteiger partial charge in [0.1, 0.15) is 0 Å². The smallest absolute Gasteiger partial charge is 0.346 e. The third-order valence-corrected chi connectivity index (χ3v) is 4.11. The molecule has 0 bridgehead atoms. The third-order valence-electron chi connectivity index (χ3n) is 3.86. The summed E-state index contributed by atoms with van der Waals surface area (Å²) in [5.74, 6) is -0.759. The van der Waals surface area contributed by atoms with Crippen LogP contribution in [0.1, 0.15) is 10.4 Å². The first kappa shape index (κ1) is 19.6. The summed E-state index contributed by atoms with van der Waals surface area (Å²) in [4.78, 5) is 13.0. The lowest BCUT2D eigenvalue weighted by Gasteiger charge is -2.16. The first-order chi connectivity index (χ1) is 13.4. The fraction of sp³-hybridized carbons (Fsp3) is 0.0476. The molecule has 0 aliphatic rings. The number of Topliss-reactive ketones (excluding diaryl/α,β-unsaturated/α-hetero) is 1. The van der Waals surface area contributed by atoms with Crippen molar-refractivity contribution in [2.75, 3.05) is 5.32 Å². The standard InChI is InChI=1S/C21H14ClF3N2O/c22-16-9-11-17(12-10-16)26-20(21(23,24)25)18(27-13-5-2-6-14-27)19(28)15-7-3-1-4-8-15/h1-14H/p+1. The van der Waals surface area contributed by atoms with E-state index in [9.17, 15) is 18.0 Å². The zero-order valence-electron chi connectivity index (χ0n) is 14.5. The molecule has 0 amide bonds. The van der Waals surface area contributed by atoms with Crippen molar-refractivity contribution in [3.05, 3.63) is 101 Å². The van der Waals surface area contributed by atoms with E-state index in [1.807, 2.05) is 0 Å². The molecule has 0 radical (unpaired) electrons. The molecule has 1 N–H and O–H groups in total. The van der Waals surface area contributed by atoms with Gasteiger partial charge in [-0.2, -0.15) is 17.7 Å². The van der Waals surface area contributed by atoms with Crippen LogP contribution in [0.4, 0.5) is 18.9 Å². The SMILES string of the molecule is O=C(C(=C(Nc1ccc(Cl)cc1)C(F)(F)F)[n+]1ccccc1)c1ccccc1. The van der Waals surface area contributed by atoms with Gasteiger partial charge in [-0.05, 0) is 24.3 Å². The van der Waals surface area contributed by atoms with Gasteiger partial charge in [0.25, 0.3) is 11.5 Å². The van der Waals surface area contributed by atoms with Gasteiger partial charge >= 0.3 is 6.18 Å². The molecular formula is C21H15ClF3N2O+. The maximum atomic E-state index is 14.0. The van der Waals surface area contributed by atoms with Gasteiger partial charge in [-0.3, -0.25) is 4.79 Å². The summed E-state index contributed by atoms with van der Waals surface area (Å²) in [6.45, 7) is 0. The number of carbonyl (C=O) groups is 1. The number of allylic oxidation sites excluding steroid dienone is 2. The molecule has 2 aromatic carbocycles. The van der Waals surface area contributed by atoms with E-state index >= 15 is 0 Å². The fourth-order valence-electron chi connectivity index (χ4n) is 2.58. The van der Waals surface area contributed by atoms with Crippen molar-refractivity contribution in [3.63, 3.8) is 0 Å². The molecule has 0 aliphatic carbocycles.